The largest absolute Gasteiger partial charge is 0.448 e. The maximum atomic E-state index is 12.8. The summed E-state index contributed by atoms with van der Waals surface area (Å²) in [6.07, 6.45) is -6.16. The Bertz CT molecular complexity index is 357. The first-order valence-corrected chi connectivity index (χ1v) is 5.58. The standard InChI is InChI=1S/C10H15F3N2O3/c1-3-5-7-6-9(17,10(11,12)13)15(14-7)8(16)18-4-2/h17H,3-6H2,1-2H3. The van der Waals surface area contributed by atoms with E-state index in [0.717, 1.165) is 0 Å². The van der Waals surface area contributed by atoms with E-state index in [0.29, 0.717) is 6.42 Å². The number of nitrogens with zero attached hydrogens (tertiary/aromatic N) is 2. The molecule has 0 aromatic rings. The van der Waals surface area contributed by atoms with Crippen molar-refractivity contribution in [2.75, 3.05) is 6.61 Å². The minimum Gasteiger partial charge on any atom is -0.448 e. The maximum Gasteiger partial charge on any atom is 0.439 e. The van der Waals surface area contributed by atoms with Gasteiger partial charge in [0.1, 0.15) is 0 Å². The average molecular weight is 268 g/mol. The van der Waals surface area contributed by atoms with Crippen LogP contribution in [0.1, 0.15) is 33.1 Å². The number of amides is 1. The van der Waals surface area contributed by atoms with Gasteiger partial charge in [0.2, 0.25) is 0 Å². The number of carbonyl (C=O) groups excluding carboxylic acids is 1. The molecule has 0 aromatic heterocycles. The molecule has 1 N–H and O–H groups in total. The summed E-state index contributed by atoms with van der Waals surface area (Å²) in [5.74, 6) is 0. The lowest BCUT2D eigenvalue weighted by molar-refractivity contribution is -0.299. The Morgan fingerprint density at radius 2 is 2.17 bits per heavy atom. The summed E-state index contributed by atoms with van der Waals surface area (Å²) in [7, 11) is 0. The Kier molecular flexibility index (Phi) is 4.20. The lowest BCUT2D eigenvalue weighted by atomic mass is 10.0. The Hall–Kier alpha value is -1.31. The van der Waals surface area contributed by atoms with Crippen LogP contribution in [0.2, 0.25) is 0 Å². The number of ether oxygens (including phenoxy) is 1. The number of rotatable bonds is 3. The van der Waals surface area contributed by atoms with Gasteiger partial charge in [-0.25, -0.2) is 4.79 Å². The van der Waals surface area contributed by atoms with Crippen molar-refractivity contribution < 1.29 is 27.8 Å². The molecule has 1 heterocycles. The summed E-state index contributed by atoms with van der Waals surface area (Å²) in [6, 6.07) is 0. The molecule has 0 aromatic carbocycles. The molecule has 1 atom stereocenters. The van der Waals surface area contributed by atoms with Crippen LogP contribution in [0.15, 0.2) is 5.10 Å². The lowest BCUT2D eigenvalue weighted by Gasteiger charge is -2.31. The zero-order valence-electron chi connectivity index (χ0n) is 10.1. The number of hydrazone groups is 1. The second-order valence-electron chi connectivity index (χ2n) is 3.92. The number of hydrogen-bond donors (Lipinski definition) is 1. The van der Waals surface area contributed by atoms with Crippen molar-refractivity contribution in [1.82, 2.24) is 5.01 Å². The summed E-state index contributed by atoms with van der Waals surface area (Å²) >= 11 is 0. The van der Waals surface area contributed by atoms with Gasteiger partial charge in [0.25, 0.3) is 5.72 Å². The van der Waals surface area contributed by atoms with Gasteiger partial charge in [-0.2, -0.15) is 23.3 Å². The molecule has 1 amide bonds. The molecule has 18 heavy (non-hydrogen) atoms. The smallest absolute Gasteiger partial charge is 0.439 e. The summed E-state index contributed by atoms with van der Waals surface area (Å²) in [5, 5.41) is 13.2. The van der Waals surface area contributed by atoms with Crippen LogP contribution < -0.4 is 0 Å². The predicted molar refractivity (Wildman–Crippen MR) is 56.8 cm³/mol. The van der Waals surface area contributed by atoms with Crippen molar-refractivity contribution in [3.05, 3.63) is 0 Å². The highest BCUT2D eigenvalue weighted by Gasteiger charge is 2.63. The van der Waals surface area contributed by atoms with E-state index in [1.807, 2.05) is 0 Å². The molecule has 1 aliphatic heterocycles. The highest BCUT2D eigenvalue weighted by atomic mass is 19.4. The van der Waals surface area contributed by atoms with Crippen LogP contribution in [0.25, 0.3) is 0 Å². The molecular formula is C10H15F3N2O3. The molecule has 1 unspecified atom stereocenters. The molecule has 1 aliphatic rings. The van der Waals surface area contributed by atoms with Gasteiger partial charge in [0.15, 0.2) is 0 Å². The molecule has 0 saturated heterocycles. The lowest BCUT2D eigenvalue weighted by Crippen LogP contribution is -2.56. The molecule has 0 saturated carbocycles. The van der Waals surface area contributed by atoms with Gasteiger partial charge in [0.05, 0.1) is 6.61 Å². The van der Waals surface area contributed by atoms with Crippen LogP contribution in [0.3, 0.4) is 0 Å². The van der Waals surface area contributed by atoms with E-state index < -0.39 is 24.4 Å². The van der Waals surface area contributed by atoms with E-state index in [1.54, 1.807) is 6.92 Å². The van der Waals surface area contributed by atoms with Crippen LogP contribution in [-0.4, -0.2) is 40.4 Å². The quantitative estimate of drug-likeness (QED) is 0.854. The molecule has 104 valence electrons. The number of carbonyl (C=O) groups is 1. The van der Waals surface area contributed by atoms with Gasteiger partial charge < -0.3 is 9.84 Å². The molecule has 0 aliphatic carbocycles. The molecule has 0 spiro atoms. The molecule has 0 bridgehead atoms. The topological polar surface area (TPSA) is 62.1 Å². The van der Waals surface area contributed by atoms with Gasteiger partial charge >= 0.3 is 12.3 Å². The average Bonchev–Trinajstić information content (AvgIpc) is 2.57. The fraction of sp³-hybridized carbons (Fsp3) is 0.800. The van der Waals surface area contributed by atoms with Crippen LogP contribution in [0.4, 0.5) is 18.0 Å². The maximum absolute atomic E-state index is 12.8. The molecule has 0 fully saturated rings. The van der Waals surface area contributed by atoms with Crippen molar-refractivity contribution in [2.24, 2.45) is 5.10 Å². The van der Waals surface area contributed by atoms with Crippen LogP contribution in [0.5, 0.6) is 0 Å². The second-order valence-corrected chi connectivity index (χ2v) is 3.92. The zero-order chi connectivity index (χ0) is 14.0. The van der Waals surface area contributed by atoms with Crippen LogP contribution in [-0.2, 0) is 4.74 Å². The number of aliphatic hydroxyl groups is 1. The number of halogens is 3. The second kappa shape index (κ2) is 5.13. The molecule has 5 nitrogen and oxygen atoms in total. The Morgan fingerprint density at radius 3 is 2.61 bits per heavy atom. The van der Waals surface area contributed by atoms with Gasteiger partial charge in [0, 0.05) is 12.1 Å². The van der Waals surface area contributed by atoms with E-state index in [2.05, 4.69) is 9.84 Å². The van der Waals surface area contributed by atoms with Gasteiger partial charge in [-0.15, -0.1) is 0 Å². The van der Waals surface area contributed by atoms with Crippen molar-refractivity contribution >= 4 is 11.8 Å². The summed E-state index contributed by atoms with van der Waals surface area (Å²) < 4.78 is 43.0. The summed E-state index contributed by atoms with van der Waals surface area (Å²) in [5.41, 5.74) is -3.17. The highest BCUT2D eigenvalue weighted by molar-refractivity contribution is 5.89. The molecule has 0 radical (unpaired) electrons. The first kappa shape index (κ1) is 14.7. The third-order valence-corrected chi connectivity index (χ3v) is 2.48. The summed E-state index contributed by atoms with van der Waals surface area (Å²) in [6.45, 7) is 3.13. The first-order chi connectivity index (χ1) is 8.26. The van der Waals surface area contributed by atoms with E-state index in [1.165, 1.54) is 6.92 Å². The summed E-state index contributed by atoms with van der Waals surface area (Å²) in [4.78, 5) is 11.4. The minimum absolute atomic E-state index is 0.0124. The van der Waals surface area contributed by atoms with E-state index in [-0.39, 0.29) is 23.7 Å². The monoisotopic (exact) mass is 268 g/mol. The molecular weight excluding hydrogens is 253 g/mol. The fourth-order valence-electron chi connectivity index (χ4n) is 1.64. The number of hydrogen-bond acceptors (Lipinski definition) is 4. The van der Waals surface area contributed by atoms with E-state index in [9.17, 15) is 23.1 Å². The van der Waals surface area contributed by atoms with Crippen LogP contribution in [0, 0.1) is 0 Å². The SMILES string of the molecule is CCCC1=NN(C(=O)OCC)C(O)(C(F)(F)F)C1. The van der Waals surface area contributed by atoms with E-state index in [4.69, 9.17) is 0 Å². The highest BCUT2D eigenvalue weighted by Crippen LogP contribution is 2.41. The Balaban J connectivity index is 3.01. The minimum atomic E-state index is -4.99. The Morgan fingerprint density at radius 1 is 1.56 bits per heavy atom. The van der Waals surface area contributed by atoms with Crippen molar-refractivity contribution in [1.29, 1.82) is 0 Å². The number of alkyl halides is 3. The van der Waals surface area contributed by atoms with Gasteiger partial charge in [-0.1, -0.05) is 13.3 Å². The Labute approximate surface area is 102 Å². The normalized spacial score (nSPS) is 24.1. The van der Waals surface area contributed by atoms with Gasteiger partial charge in [-0.3, -0.25) is 0 Å². The third-order valence-electron chi connectivity index (χ3n) is 2.48. The fourth-order valence-corrected chi connectivity index (χ4v) is 1.64. The molecule has 1 rings (SSSR count). The third kappa shape index (κ3) is 2.58. The van der Waals surface area contributed by atoms with E-state index >= 15 is 0 Å². The van der Waals surface area contributed by atoms with Crippen LogP contribution >= 0.6 is 0 Å². The molecule has 8 heteroatoms. The predicted octanol–water partition coefficient (Wildman–Crippen LogP) is 2.26. The van der Waals surface area contributed by atoms with Gasteiger partial charge in [-0.05, 0) is 13.3 Å². The van der Waals surface area contributed by atoms with Crippen molar-refractivity contribution in [2.45, 2.75) is 45.0 Å². The zero-order valence-corrected chi connectivity index (χ0v) is 10.1. The first-order valence-electron chi connectivity index (χ1n) is 5.58. The van der Waals surface area contributed by atoms with Crippen molar-refractivity contribution in [3.8, 4) is 0 Å². The van der Waals surface area contributed by atoms with Crippen molar-refractivity contribution in [3.63, 3.8) is 0 Å².